The molecule has 2 aromatic carbocycles. The highest BCUT2D eigenvalue weighted by molar-refractivity contribution is 7.10. The average molecular weight is 458 g/mol. The summed E-state index contributed by atoms with van der Waals surface area (Å²) < 4.78 is 7.23. The molecule has 0 aliphatic carbocycles. The van der Waals surface area contributed by atoms with E-state index in [0.717, 1.165) is 21.7 Å². The van der Waals surface area contributed by atoms with Crippen LogP contribution in [0.1, 0.15) is 23.4 Å². The zero-order chi connectivity index (χ0) is 22.9. The molecule has 2 N–H and O–H groups in total. The number of nitrogens with zero attached hydrogens (tertiary/aromatic N) is 3. The third-order valence-corrected chi connectivity index (χ3v) is 6.71. The van der Waals surface area contributed by atoms with Crippen molar-refractivity contribution in [3.05, 3.63) is 87.8 Å². The fraction of sp³-hybridized carbons (Fsp3) is 0.160. The number of para-hydroxylation sites is 2. The molecule has 0 bridgehead atoms. The molecule has 1 aliphatic heterocycles. The predicted molar refractivity (Wildman–Crippen MR) is 131 cm³/mol. The predicted octanol–water partition coefficient (Wildman–Crippen LogP) is 5.25. The summed E-state index contributed by atoms with van der Waals surface area (Å²) in [4.78, 5) is 19.4. The number of thiophene rings is 1. The summed E-state index contributed by atoms with van der Waals surface area (Å²) in [7, 11) is 1.59. The molecule has 0 fully saturated rings. The SMILES string of the molecule is COc1ccccc1NC(=O)C1=C(C)Nc2nc(-c3ccccc3)nn2C1c1sccc1C. The van der Waals surface area contributed by atoms with E-state index >= 15 is 0 Å². The van der Waals surface area contributed by atoms with Crippen molar-refractivity contribution < 1.29 is 9.53 Å². The molecular formula is C25H23N5O2S. The lowest BCUT2D eigenvalue weighted by Crippen LogP contribution is -2.31. The third-order valence-electron chi connectivity index (χ3n) is 5.63. The van der Waals surface area contributed by atoms with Crippen LogP contribution in [0.5, 0.6) is 5.75 Å². The van der Waals surface area contributed by atoms with Crippen molar-refractivity contribution in [1.29, 1.82) is 0 Å². The van der Waals surface area contributed by atoms with Gasteiger partial charge in [0.1, 0.15) is 11.8 Å². The second-order valence-corrected chi connectivity index (χ2v) is 8.71. The smallest absolute Gasteiger partial charge is 0.256 e. The highest BCUT2D eigenvalue weighted by Gasteiger charge is 2.36. The zero-order valence-electron chi connectivity index (χ0n) is 18.5. The average Bonchev–Trinajstić information content (AvgIpc) is 3.45. The molecule has 5 rings (SSSR count). The number of ether oxygens (including phenoxy) is 1. The molecule has 0 spiro atoms. The van der Waals surface area contributed by atoms with Crippen LogP contribution in [-0.4, -0.2) is 27.8 Å². The van der Waals surface area contributed by atoms with Crippen molar-refractivity contribution in [2.45, 2.75) is 19.9 Å². The standard InChI is InChI=1S/C25H23N5O2S/c1-15-13-14-33-22(15)21-20(24(31)27-18-11-7-8-12-19(18)32-3)16(2)26-25-28-23(29-30(21)25)17-9-5-4-6-10-17/h4-14,21H,1-3H3,(H,27,31)(H,26,28,29). The number of allylic oxidation sites excluding steroid dienone is 1. The number of carbonyl (C=O) groups excluding carboxylic acids is 1. The van der Waals surface area contributed by atoms with Gasteiger partial charge in [0.25, 0.3) is 5.91 Å². The molecule has 8 heteroatoms. The van der Waals surface area contributed by atoms with Crippen LogP contribution >= 0.6 is 11.3 Å². The van der Waals surface area contributed by atoms with Crippen molar-refractivity contribution in [1.82, 2.24) is 14.8 Å². The number of aryl methyl sites for hydroxylation is 1. The topological polar surface area (TPSA) is 81.1 Å². The Bertz CT molecular complexity index is 1360. The number of hydrogen-bond acceptors (Lipinski definition) is 6. The van der Waals surface area contributed by atoms with Crippen LogP contribution in [0.3, 0.4) is 0 Å². The Hall–Kier alpha value is -3.91. The molecule has 166 valence electrons. The molecular weight excluding hydrogens is 434 g/mol. The van der Waals surface area contributed by atoms with Crippen molar-refractivity contribution in [2.75, 3.05) is 17.7 Å². The van der Waals surface area contributed by atoms with Gasteiger partial charge in [-0.2, -0.15) is 4.98 Å². The number of rotatable bonds is 5. The van der Waals surface area contributed by atoms with E-state index < -0.39 is 6.04 Å². The van der Waals surface area contributed by atoms with Gasteiger partial charge in [0.05, 0.1) is 18.4 Å². The van der Waals surface area contributed by atoms with E-state index in [1.54, 1.807) is 18.4 Å². The Morgan fingerprint density at radius 3 is 2.58 bits per heavy atom. The van der Waals surface area contributed by atoms with Crippen LogP contribution in [0, 0.1) is 6.92 Å². The Balaban J connectivity index is 1.60. The number of benzene rings is 2. The Labute approximate surface area is 195 Å². The van der Waals surface area contributed by atoms with Gasteiger partial charge in [0, 0.05) is 16.1 Å². The van der Waals surface area contributed by atoms with Gasteiger partial charge in [0.15, 0.2) is 5.82 Å². The van der Waals surface area contributed by atoms with Gasteiger partial charge < -0.3 is 15.4 Å². The summed E-state index contributed by atoms with van der Waals surface area (Å²) in [5.41, 5.74) is 3.95. The van der Waals surface area contributed by atoms with Gasteiger partial charge in [-0.1, -0.05) is 42.5 Å². The van der Waals surface area contributed by atoms with Crippen LogP contribution in [0.2, 0.25) is 0 Å². The molecule has 2 aromatic heterocycles. The lowest BCUT2D eigenvalue weighted by atomic mass is 9.98. The van der Waals surface area contributed by atoms with E-state index in [9.17, 15) is 4.79 Å². The molecule has 7 nitrogen and oxygen atoms in total. The Morgan fingerprint density at radius 2 is 1.85 bits per heavy atom. The molecule has 33 heavy (non-hydrogen) atoms. The van der Waals surface area contributed by atoms with Crippen LogP contribution < -0.4 is 15.4 Å². The summed E-state index contributed by atoms with van der Waals surface area (Å²) in [6, 6.07) is 18.8. The minimum absolute atomic E-state index is 0.218. The normalized spacial score (nSPS) is 15.1. The molecule has 1 unspecified atom stereocenters. The maximum absolute atomic E-state index is 13.6. The summed E-state index contributed by atoms with van der Waals surface area (Å²) in [5.74, 6) is 1.60. The van der Waals surface area contributed by atoms with Crippen LogP contribution in [0.25, 0.3) is 11.4 Å². The second kappa shape index (κ2) is 8.55. The first-order valence-electron chi connectivity index (χ1n) is 10.5. The maximum Gasteiger partial charge on any atom is 0.256 e. The van der Waals surface area contributed by atoms with Crippen molar-refractivity contribution in [3.8, 4) is 17.1 Å². The molecule has 0 radical (unpaired) electrons. The first-order valence-corrected chi connectivity index (χ1v) is 11.4. The largest absolute Gasteiger partial charge is 0.495 e. The summed E-state index contributed by atoms with van der Waals surface area (Å²) in [6.45, 7) is 3.95. The quantitative estimate of drug-likeness (QED) is 0.428. The summed E-state index contributed by atoms with van der Waals surface area (Å²) in [5, 5.41) is 13.2. The van der Waals surface area contributed by atoms with Gasteiger partial charge in [0.2, 0.25) is 5.95 Å². The van der Waals surface area contributed by atoms with Gasteiger partial charge in [-0.3, -0.25) is 4.79 Å². The van der Waals surface area contributed by atoms with Gasteiger partial charge in [-0.15, -0.1) is 16.4 Å². The van der Waals surface area contributed by atoms with E-state index in [1.807, 2.05) is 78.5 Å². The molecule has 0 saturated carbocycles. The Kier molecular flexibility index (Phi) is 5.43. The molecule has 3 heterocycles. The van der Waals surface area contributed by atoms with E-state index in [-0.39, 0.29) is 5.91 Å². The second-order valence-electron chi connectivity index (χ2n) is 7.76. The zero-order valence-corrected chi connectivity index (χ0v) is 19.3. The van der Waals surface area contributed by atoms with Gasteiger partial charge in [-0.25, -0.2) is 4.68 Å². The summed E-state index contributed by atoms with van der Waals surface area (Å²) in [6.07, 6.45) is 0. The number of carbonyl (C=O) groups is 1. The highest BCUT2D eigenvalue weighted by atomic mass is 32.1. The lowest BCUT2D eigenvalue weighted by molar-refractivity contribution is -0.113. The van der Waals surface area contributed by atoms with Crippen LogP contribution in [0.4, 0.5) is 11.6 Å². The maximum atomic E-state index is 13.6. The van der Waals surface area contributed by atoms with E-state index in [0.29, 0.717) is 28.8 Å². The van der Waals surface area contributed by atoms with Gasteiger partial charge in [-0.05, 0) is 43.0 Å². The third kappa shape index (κ3) is 3.78. The first kappa shape index (κ1) is 21.0. The van der Waals surface area contributed by atoms with E-state index in [4.69, 9.17) is 14.8 Å². The first-order chi connectivity index (χ1) is 16.1. The number of amides is 1. The highest BCUT2D eigenvalue weighted by Crippen LogP contribution is 2.40. The fourth-order valence-electron chi connectivity index (χ4n) is 4.00. The van der Waals surface area contributed by atoms with Crippen LogP contribution in [-0.2, 0) is 4.79 Å². The number of fused-ring (bicyclic) bond motifs is 1. The minimum atomic E-state index is -0.402. The number of nitrogens with one attached hydrogen (secondary N) is 2. The van der Waals surface area contributed by atoms with E-state index in [1.165, 1.54) is 0 Å². The number of methoxy groups -OCH3 is 1. The van der Waals surface area contributed by atoms with Crippen LogP contribution in [0.15, 0.2) is 77.3 Å². The molecule has 0 saturated heterocycles. The summed E-state index contributed by atoms with van der Waals surface area (Å²) >= 11 is 1.61. The lowest BCUT2D eigenvalue weighted by Gasteiger charge is -2.28. The monoisotopic (exact) mass is 457 g/mol. The van der Waals surface area contributed by atoms with Crippen molar-refractivity contribution in [3.63, 3.8) is 0 Å². The minimum Gasteiger partial charge on any atom is -0.495 e. The fourth-order valence-corrected chi connectivity index (χ4v) is 5.02. The molecule has 1 atom stereocenters. The molecule has 4 aromatic rings. The number of hydrogen-bond donors (Lipinski definition) is 2. The van der Waals surface area contributed by atoms with Crippen molar-refractivity contribution in [2.24, 2.45) is 0 Å². The number of anilines is 2. The molecule has 1 aliphatic rings. The Morgan fingerprint density at radius 1 is 1.09 bits per heavy atom. The molecule has 1 amide bonds. The number of aromatic nitrogens is 3. The van der Waals surface area contributed by atoms with Gasteiger partial charge >= 0.3 is 0 Å². The van der Waals surface area contributed by atoms with Crippen molar-refractivity contribution >= 4 is 28.9 Å². The van der Waals surface area contributed by atoms with E-state index in [2.05, 4.69) is 16.7 Å².